The van der Waals surface area contributed by atoms with E-state index in [0.717, 1.165) is 24.8 Å². The minimum atomic E-state index is 0.157. The van der Waals surface area contributed by atoms with E-state index in [1.807, 2.05) is 24.3 Å². The zero-order chi connectivity index (χ0) is 14.9. The summed E-state index contributed by atoms with van der Waals surface area (Å²) < 4.78 is 0. The first kappa shape index (κ1) is 15.6. The maximum atomic E-state index is 12.0. The zero-order valence-corrected chi connectivity index (χ0v) is 12.6. The second-order valence-corrected chi connectivity index (χ2v) is 5.92. The molecular weight excluding hydrogens is 260 g/mol. The van der Waals surface area contributed by atoms with Crippen LogP contribution in [-0.2, 0) is 11.2 Å². The molecule has 0 radical (unpaired) electrons. The van der Waals surface area contributed by atoms with Crippen molar-refractivity contribution < 1.29 is 4.79 Å². The van der Waals surface area contributed by atoms with Gasteiger partial charge in [-0.15, -0.1) is 0 Å². The number of carbonyl (C=O) groups excluding carboxylic acids is 1. The van der Waals surface area contributed by atoms with E-state index < -0.39 is 0 Å². The molecule has 0 atom stereocenters. The van der Waals surface area contributed by atoms with Crippen LogP contribution in [0.3, 0.4) is 0 Å². The number of rotatable bonds is 4. The smallest absolute Gasteiger partial charge is 0.220 e. The summed E-state index contributed by atoms with van der Waals surface area (Å²) in [6.07, 6.45) is 9.95. The Hall–Kier alpha value is -1.82. The number of nitriles is 1. The van der Waals surface area contributed by atoms with Gasteiger partial charge in [0.2, 0.25) is 5.91 Å². The van der Waals surface area contributed by atoms with E-state index in [9.17, 15) is 4.79 Å². The summed E-state index contributed by atoms with van der Waals surface area (Å²) in [6, 6.07) is 9.96. The summed E-state index contributed by atoms with van der Waals surface area (Å²) in [5.74, 6) is 0.157. The first-order chi connectivity index (χ1) is 10.3. The minimum Gasteiger partial charge on any atom is -0.353 e. The third kappa shape index (κ3) is 5.59. The molecule has 1 aromatic rings. The highest BCUT2D eigenvalue weighted by molar-refractivity contribution is 5.76. The summed E-state index contributed by atoms with van der Waals surface area (Å²) in [4.78, 5) is 12.0. The Kier molecular flexibility index (Phi) is 6.27. The third-order valence-corrected chi connectivity index (χ3v) is 4.19. The molecule has 0 aromatic heterocycles. The molecule has 1 amide bonds. The molecule has 0 unspecified atom stereocenters. The van der Waals surface area contributed by atoms with Crippen molar-refractivity contribution in [3.8, 4) is 6.07 Å². The fourth-order valence-corrected chi connectivity index (χ4v) is 2.90. The molecule has 0 bridgehead atoms. The molecule has 1 aliphatic carbocycles. The van der Waals surface area contributed by atoms with Crippen LogP contribution in [0.4, 0.5) is 0 Å². The van der Waals surface area contributed by atoms with Crippen LogP contribution in [-0.4, -0.2) is 11.9 Å². The standard InChI is InChI=1S/C18H24N2O/c19-14-16-10-8-15(9-11-16)12-13-18(21)20-17-6-4-2-1-3-5-7-17/h8-11,17H,1-7,12-13H2,(H,20,21). The highest BCUT2D eigenvalue weighted by Gasteiger charge is 2.13. The molecule has 1 fully saturated rings. The lowest BCUT2D eigenvalue weighted by atomic mass is 9.96. The van der Waals surface area contributed by atoms with Crippen LogP contribution in [0.1, 0.15) is 62.5 Å². The van der Waals surface area contributed by atoms with Gasteiger partial charge in [-0.1, -0.05) is 44.2 Å². The van der Waals surface area contributed by atoms with E-state index in [2.05, 4.69) is 11.4 Å². The Bertz CT molecular complexity index is 479. The molecule has 3 nitrogen and oxygen atoms in total. The monoisotopic (exact) mass is 284 g/mol. The normalized spacial score (nSPS) is 16.5. The molecular formula is C18H24N2O. The van der Waals surface area contributed by atoms with Gasteiger partial charge < -0.3 is 5.32 Å². The van der Waals surface area contributed by atoms with Crippen molar-refractivity contribution in [1.29, 1.82) is 5.26 Å². The van der Waals surface area contributed by atoms with Crippen LogP contribution in [0.25, 0.3) is 0 Å². The van der Waals surface area contributed by atoms with Crippen molar-refractivity contribution in [1.82, 2.24) is 5.32 Å². The third-order valence-electron chi connectivity index (χ3n) is 4.19. The Labute approximate surface area is 127 Å². The molecule has 1 saturated carbocycles. The Morgan fingerprint density at radius 3 is 2.33 bits per heavy atom. The maximum Gasteiger partial charge on any atom is 0.220 e. The largest absolute Gasteiger partial charge is 0.353 e. The van der Waals surface area contributed by atoms with E-state index in [0.29, 0.717) is 18.0 Å². The van der Waals surface area contributed by atoms with Crippen molar-refractivity contribution in [3.63, 3.8) is 0 Å². The quantitative estimate of drug-likeness (QED) is 0.916. The molecule has 1 aromatic carbocycles. The summed E-state index contributed by atoms with van der Waals surface area (Å²) >= 11 is 0. The molecule has 1 aliphatic rings. The van der Waals surface area contributed by atoms with Gasteiger partial charge in [-0.2, -0.15) is 5.26 Å². The summed E-state index contributed by atoms with van der Waals surface area (Å²) in [6.45, 7) is 0. The van der Waals surface area contributed by atoms with Gasteiger partial charge in [-0.3, -0.25) is 4.79 Å². The van der Waals surface area contributed by atoms with Crippen LogP contribution in [0.5, 0.6) is 0 Å². The van der Waals surface area contributed by atoms with Gasteiger partial charge in [0.1, 0.15) is 0 Å². The number of hydrogen-bond acceptors (Lipinski definition) is 2. The van der Waals surface area contributed by atoms with E-state index in [1.54, 1.807) is 0 Å². The highest BCUT2D eigenvalue weighted by Crippen LogP contribution is 2.17. The van der Waals surface area contributed by atoms with Gasteiger partial charge in [0.05, 0.1) is 11.6 Å². The maximum absolute atomic E-state index is 12.0. The topological polar surface area (TPSA) is 52.9 Å². The number of carbonyl (C=O) groups is 1. The Balaban J connectivity index is 1.74. The number of aryl methyl sites for hydroxylation is 1. The molecule has 3 heteroatoms. The van der Waals surface area contributed by atoms with Crippen LogP contribution >= 0.6 is 0 Å². The fourth-order valence-electron chi connectivity index (χ4n) is 2.90. The average molecular weight is 284 g/mol. The Morgan fingerprint density at radius 2 is 1.71 bits per heavy atom. The highest BCUT2D eigenvalue weighted by atomic mass is 16.1. The number of amides is 1. The minimum absolute atomic E-state index is 0.157. The number of nitrogens with zero attached hydrogens (tertiary/aromatic N) is 1. The van der Waals surface area contributed by atoms with Gasteiger partial charge >= 0.3 is 0 Å². The molecule has 1 N–H and O–H groups in total. The van der Waals surface area contributed by atoms with Gasteiger partial charge in [0.25, 0.3) is 0 Å². The number of nitrogens with one attached hydrogen (secondary N) is 1. The molecule has 0 spiro atoms. The van der Waals surface area contributed by atoms with Gasteiger partial charge in [0, 0.05) is 12.5 Å². The predicted octanol–water partition coefficient (Wildman–Crippen LogP) is 3.72. The van der Waals surface area contributed by atoms with Crippen LogP contribution in [0, 0.1) is 11.3 Å². The Morgan fingerprint density at radius 1 is 1.10 bits per heavy atom. The van der Waals surface area contributed by atoms with E-state index in [-0.39, 0.29) is 5.91 Å². The molecule has 0 aliphatic heterocycles. The summed E-state index contributed by atoms with van der Waals surface area (Å²) in [5, 5.41) is 11.9. The van der Waals surface area contributed by atoms with Crippen LogP contribution < -0.4 is 5.32 Å². The molecule has 0 heterocycles. The number of benzene rings is 1. The van der Waals surface area contributed by atoms with E-state index in [4.69, 9.17) is 5.26 Å². The number of hydrogen-bond donors (Lipinski definition) is 1. The van der Waals surface area contributed by atoms with E-state index in [1.165, 1.54) is 32.1 Å². The molecule has 112 valence electrons. The van der Waals surface area contributed by atoms with Crippen molar-refractivity contribution >= 4 is 5.91 Å². The van der Waals surface area contributed by atoms with E-state index >= 15 is 0 Å². The fraction of sp³-hybridized carbons (Fsp3) is 0.556. The zero-order valence-electron chi connectivity index (χ0n) is 12.6. The van der Waals surface area contributed by atoms with Crippen LogP contribution in [0.15, 0.2) is 24.3 Å². The van der Waals surface area contributed by atoms with Crippen molar-refractivity contribution in [2.24, 2.45) is 0 Å². The molecule has 0 saturated heterocycles. The second-order valence-electron chi connectivity index (χ2n) is 5.92. The lowest BCUT2D eigenvalue weighted by molar-refractivity contribution is -0.121. The molecule has 21 heavy (non-hydrogen) atoms. The average Bonchev–Trinajstić information content (AvgIpc) is 2.48. The lowest BCUT2D eigenvalue weighted by Crippen LogP contribution is -2.35. The van der Waals surface area contributed by atoms with Crippen LogP contribution in [0.2, 0.25) is 0 Å². The first-order valence-electron chi connectivity index (χ1n) is 8.06. The summed E-state index contributed by atoms with van der Waals surface area (Å²) in [7, 11) is 0. The van der Waals surface area contributed by atoms with Gasteiger partial charge in [-0.05, 0) is 37.0 Å². The predicted molar refractivity (Wildman–Crippen MR) is 83.7 cm³/mol. The van der Waals surface area contributed by atoms with Crippen molar-refractivity contribution in [3.05, 3.63) is 35.4 Å². The van der Waals surface area contributed by atoms with Gasteiger partial charge in [0.15, 0.2) is 0 Å². The van der Waals surface area contributed by atoms with Crippen molar-refractivity contribution in [2.45, 2.75) is 63.8 Å². The molecule has 2 rings (SSSR count). The second kappa shape index (κ2) is 8.46. The summed E-state index contributed by atoms with van der Waals surface area (Å²) in [5.41, 5.74) is 1.78. The van der Waals surface area contributed by atoms with Gasteiger partial charge in [-0.25, -0.2) is 0 Å². The SMILES string of the molecule is N#Cc1ccc(CCC(=O)NC2CCCCCCC2)cc1. The first-order valence-corrected chi connectivity index (χ1v) is 8.06. The van der Waals surface area contributed by atoms with Crippen molar-refractivity contribution in [2.75, 3.05) is 0 Å². The lowest BCUT2D eigenvalue weighted by Gasteiger charge is -2.21.